The highest BCUT2D eigenvalue weighted by atomic mass is 16.2. The van der Waals surface area contributed by atoms with Crippen LogP contribution in [0.4, 0.5) is 0 Å². The first-order valence-corrected chi connectivity index (χ1v) is 12.7. The number of aryl methyl sites for hydroxylation is 5. The van der Waals surface area contributed by atoms with Crippen LogP contribution in [0.2, 0.25) is 0 Å². The Hall–Kier alpha value is -3.40. The number of aromatic nitrogens is 2. The maximum absolute atomic E-state index is 14.3. The van der Waals surface area contributed by atoms with E-state index < -0.39 is 5.54 Å². The van der Waals surface area contributed by atoms with Crippen LogP contribution >= 0.6 is 0 Å². The molecule has 2 heterocycles. The molecule has 4 aromatic rings. The van der Waals surface area contributed by atoms with Crippen LogP contribution in [0.3, 0.4) is 0 Å². The van der Waals surface area contributed by atoms with E-state index in [1.165, 1.54) is 16.7 Å². The number of imidazole rings is 1. The van der Waals surface area contributed by atoms with Gasteiger partial charge < -0.3 is 9.47 Å². The number of fused-ring (bicyclic) bond motifs is 1. The van der Waals surface area contributed by atoms with E-state index in [0.717, 1.165) is 65.0 Å². The number of benzene rings is 3. The third-order valence-corrected chi connectivity index (χ3v) is 7.78. The molecule has 4 heteroatoms. The van der Waals surface area contributed by atoms with Crippen molar-refractivity contribution in [2.45, 2.75) is 66.5 Å². The van der Waals surface area contributed by atoms with Crippen LogP contribution in [0, 0.1) is 27.7 Å². The van der Waals surface area contributed by atoms with Crippen LogP contribution in [-0.2, 0) is 12.1 Å². The first kappa shape index (κ1) is 23.3. The maximum atomic E-state index is 14.3. The van der Waals surface area contributed by atoms with Crippen LogP contribution in [-0.4, -0.2) is 26.9 Å². The first-order chi connectivity index (χ1) is 16.7. The number of likely N-dealkylation sites (tertiary alicyclic amines) is 1. The summed E-state index contributed by atoms with van der Waals surface area (Å²) in [7, 11) is 0. The van der Waals surface area contributed by atoms with Crippen LogP contribution in [0.5, 0.6) is 0 Å². The van der Waals surface area contributed by atoms with Gasteiger partial charge in [-0.05, 0) is 94.8 Å². The summed E-state index contributed by atoms with van der Waals surface area (Å²) in [6, 6.07) is 19.1. The molecule has 1 amide bonds. The molecule has 0 aliphatic carbocycles. The maximum Gasteiger partial charge on any atom is 0.255 e. The Balaban J connectivity index is 1.63. The Morgan fingerprint density at radius 3 is 2.46 bits per heavy atom. The second-order valence-corrected chi connectivity index (χ2v) is 10.4. The molecule has 1 aliphatic rings. The molecule has 1 aromatic heterocycles. The van der Waals surface area contributed by atoms with Crippen molar-refractivity contribution in [3.63, 3.8) is 0 Å². The van der Waals surface area contributed by atoms with Crippen molar-refractivity contribution in [1.29, 1.82) is 0 Å². The zero-order chi connectivity index (χ0) is 24.9. The summed E-state index contributed by atoms with van der Waals surface area (Å²) in [6.07, 6.45) is 1.88. The fraction of sp³-hybridized carbons (Fsp3) is 0.355. The summed E-state index contributed by atoms with van der Waals surface area (Å²) in [4.78, 5) is 21.5. The topological polar surface area (TPSA) is 38.1 Å². The van der Waals surface area contributed by atoms with Gasteiger partial charge in [-0.15, -0.1) is 0 Å². The van der Waals surface area contributed by atoms with Crippen molar-refractivity contribution in [2.24, 2.45) is 0 Å². The number of hydrogen-bond donors (Lipinski definition) is 0. The molecule has 0 N–H and O–H groups in total. The third kappa shape index (κ3) is 3.85. The lowest BCUT2D eigenvalue weighted by Crippen LogP contribution is -2.44. The highest BCUT2D eigenvalue weighted by Gasteiger charge is 2.45. The van der Waals surface area contributed by atoms with Crippen molar-refractivity contribution in [3.8, 4) is 11.1 Å². The van der Waals surface area contributed by atoms with E-state index in [0.29, 0.717) is 0 Å². The van der Waals surface area contributed by atoms with Crippen molar-refractivity contribution in [3.05, 3.63) is 88.2 Å². The molecule has 4 nitrogen and oxygen atoms in total. The molecule has 180 valence electrons. The fourth-order valence-electron chi connectivity index (χ4n) is 5.68. The first-order valence-electron chi connectivity index (χ1n) is 12.7. The van der Waals surface area contributed by atoms with E-state index in [4.69, 9.17) is 4.98 Å². The predicted molar refractivity (Wildman–Crippen MR) is 144 cm³/mol. The molecule has 0 radical (unpaired) electrons. The number of hydrogen-bond acceptors (Lipinski definition) is 2. The van der Waals surface area contributed by atoms with Crippen LogP contribution < -0.4 is 0 Å². The van der Waals surface area contributed by atoms with Crippen LogP contribution in [0.15, 0.2) is 54.6 Å². The van der Waals surface area contributed by atoms with E-state index >= 15 is 0 Å². The lowest BCUT2D eigenvalue weighted by molar-refractivity contribution is 0.0599. The van der Waals surface area contributed by atoms with E-state index in [2.05, 4.69) is 99.5 Å². The van der Waals surface area contributed by atoms with E-state index in [1.807, 2.05) is 6.07 Å². The summed E-state index contributed by atoms with van der Waals surface area (Å²) >= 11 is 0. The summed E-state index contributed by atoms with van der Waals surface area (Å²) in [5.74, 6) is 1.09. The van der Waals surface area contributed by atoms with Gasteiger partial charge in [-0.25, -0.2) is 4.98 Å². The third-order valence-electron chi connectivity index (χ3n) is 7.78. The number of rotatable bonds is 4. The van der Waals surface area contributed by atoms with E-state index in [9.17, 15) is 4.79 Å². The largest absolute Gasteiger partial charge is 0.326 e. The Morgan fingerprint density at radius 1 is 0.971 bits per heavy atom. The van der Waals surface area contributed by atoms with Gasteiger partial charge in [0.15, 0.2) is 0 Å². The average molecular weight is 466 g/mol. The van der Waals surface area contributed by atoms with Gasteiger partial charge in [0.2, 0.25) is 0 Å². The van der Waals surface area contributed by atoms with Gasteiger partial charge in [0, 0.05) is 18.7 Å². The Labute approximate surface area is 208 Å². The summed E-state index contributed by atoms with van der Waals surface area (Å²) in [6.45, 7) is 14.4. The molecular formula is C31H35N3O. The van der Waals surface area contributed by atoms with Gasteiger partial charge in [0.25, 0.3) is 5.91 Å². The van der Waals surface area contributed by atoms with Crippen molar-refractivity contribution in [1.82, 2.24) is 14.5 Å². The Morgan fingerprint density at radius 2 is 1.71 bits per heavy atom. The lowest BCUT2D eigenvalue weighted by atomic mass is 9.93. The highest BCUT2D eigenvalue weighted by Crippen LogP contribution is 2.41. The zero-order valence-corrected chi connectivity index (χ0v) is 21.8. The van der Waals surface area contributed by atoms with Gasteiger partial charge in [0.1, 0.15) is 5.82 Å². The predicted octanol–water partition coefficient (Wildman–Crippen LogP) is 7.11. The number of carbonyl (C=O) groups excluding carboxylic acids is 1. The molecule has 0 unspecified atom stereocenters. The second kappa shape index (κ2) is 8.67. The summed E-state index contributed by atoms with van der Waals surface area (Å²) in [5, 5.41) is 0. The van der Waals surface area contributed by atoms with Crippen molar-refractivity contribution < 1.29 is 4.79 Å². The minimum Gasteiger partial charge on any atom is -0.326 e. The molecule has 3 aromatic carbocycles. The zero-order valence-electron chi connectivity index (χ0n) is 21.8. The minimum atomic E-state index is -0.457. The minimum absolute atomic E-state index is 0.0901. The quantitative estimate of drug-likeness (QED) is 0.322. The molecular weight excluding hydrogens is 430 g/mol. The van der Waals surface area contributed by atoms with Gasteiger partial charge in [-0.2, -0.15) is 0 Å². The summed E-state index contributed by atoms with van der Waals surface area (Å²) < 4.78 is 2.31. The van der Waals surface area contributed by atoms with Gasteiger partial charge in [-0.3, -0.25) is 4.79 Å². The molecule has 1 aliphatic heterocycles. The monoisotopic (exact) mass is 465 g/mol. The number of carbonyl (C=O) groups is 1. The van der Waals surface area contributed by atoms with Crippen LogP contribution in [0.25, 0.3) is 22.2 Å². The molecule has 0 spiro atoms. The standard InChI is InChI=1S/C31H35N3O/c1-7-33-28-19-23(5)22(4)18-27(28)32-30(33)31(6)14-9-15-34(31)29(35)26-17-21(3)12-13-25(26)24-11-8-10-20(2)16-24/h8,10-13,16-19H,7,9,14-15H2,1-6H3/t31-/m0/s1. The molecule has 0 bridgehead atoms. The highest BCUT2D eigenvalue weighted by molar-refractivity contribution is 6.01. The van der Waals surface area contributed by atoms with Gasteiger partial charge in [-0.1, -0.05) is 47.5 Å². The number of nitrogens with zero attached hydrogens (tertiary/aromatic N) is 3. The van der Waals surface area contributed by atoms with Gasteiger partial charge >= 0.3 is 0 Å². The normalized spacial score (nSPS) is 17.9. The number of amides is 1. The Bertz CT molecular complexity index is 1450. The lowest BCUT2D eigenvalue weighted by Gasteiger charge is -2.35. The van der Waals surface area contributed by atoms with E-state index in [-0.39, 0.29) is 5.91 Å². The van der Waals surface area contributed by atoms with E-state index in [1.54, 1.807) is 0 Å². The van der Waals surface area contributed by atoms with Crippen molar-refractivity contribution in [2.75, 3.05) is 6.54 Å². The molecule has 1 atom stereocenters. The molecule has 35 heavy (non-hydrogen) atoms. The second-order valence-electron chi connectivity index (χ2n) is 10.4. The molecule has 0 saturated carbocycles. The van der Waals surface area contributed by atoms with Gasteiger partial charge in [0.05, 0.1) is 16.6 Å². The molecule has 1 saturated heterocycles. The SMILES string of the molecule is CCn1c([C@]2(C)CCCN2C(=O)c2cc(C)ccc2-c2cccc(C)c2)nc2cc(C)c(C)cc21. The smallest absolute Gasteiger partial charge is 0.255 e. The Kier molecular flexibility index (Phi) is 5.79. The summed E-state index contributed by atoms with van der Waals surface area (Å²) in [5.41, 5.74) is 9.37. The van der Waals surface area contributed by atoms with Crippen molar-refractivity contribution >= 4 is 16.9 Å². The molecule has 5 rings (SSSR count). The average Bonchev–Trinajstić information content (AvgIpc) is 3.40. The van der Waals surface area contributed by atoms with Crippen LogP contribution in [0.1, 0.15) is 65.1 Å². The fourth-order valence-corrected chi connectivity index (χ4v) is 5.68. The molecule has 1 fully saturated rings.